The molecule has 0 fully saturated rings. The van der Waals surface area contributed by atoms with Crippen LogP contribution in [0.5, 0.6) is 11.5 Å². The molecule has 5 heteroatoms. The first-order valence-corrected chi connectivity index (χ1v) is 8.95. The van der Waals surface area contributed by atoms with Gasteiger partial charge in [-0.3, -0.25) is 0 Å². The molecule has 1 aromatic heterocycles. The van der Waals surface area contributed by atoms with Crippen molar-refractivity contribution in [2.45, 2.75) is 25.7 Å². The summed E-state index contributed by atoms with van der Waals surface area (Å²) in [4.78, 5) is 12.1. The van der Waals surface area contributed by atoms with E-state index in [2.05, 4.69) is 15.9 Å². The molecule has 0 aliphatic carbocycles. The molecule has 0 saturated carbocycles. The minimum absolute atomic E-state index is 0.0184. The average Bonchev–Trinajstić information content (AvgIpc) is 2.62. The molecule has 2 aromatic carbocycles. The number of ether oxygens (including phenoxy) is 1. The molecule has 0 radical (unpaired) electrons. The minimum atomic E-state index is -0.468. The van der Waals surface area contributed by atoms with E-state index < -0.39 is 5.63 Å². The summed E-state index contributed by atoms with van der Waals surface area (Å²) >= 11 is 3.37. The highest BCUT2D eigenvalue weighted by molar-refractivity contribution is 9.10. The van der Waals surface area contributed by atoms with Crippen molar-refractivity contribution < 1.29 is 14.3 Å². The Labute approximate surface area is 154 Å². The molecular formula is C20H19BrO4. The number of para-hydroxylation sites is 1. The first kappa shape index (κ1) is 17.5. The van der Waals surface area contributed by atoms with Crippen molar-refractivity contribution in [1.82, 2.24) is 0 Å². The van der Waals surface area contributed by atoms with Crippen LogP contribution in [0, 0.1) is 0 Å². The second-order valence-electron chi connectivity index (χ2n) is 5.88. The van der Waals surface area contributed by atoms with Crippen molar-refractivity contribution in [3.8, 4) is 11.5 Å². The first-order chi connectivity index (χ1) is 12.1. The van der Waals surface area contributed by atoms with E-state index in [0.29, 0.717) is 23.0 Å². The number of benzene rings is 2. The number of methoxy groups -OCH3 is 1. The molecule has 1 heterocycles. The maximum atomic E-state index is 12.1. The number of hydrogen-bond acceptors (Lipinski definition) is 4. The number of aromatic hydroxyl groups is 1. The van der Waals surface area contributed by atoms with Gasteiger partial charge in [0.2, 0.25) is 0 Å². The van der Waals surface area contributed by atoms with Crippen LogP contribution in [0.3, 0.4) is 0 Å². The third-order valence-corrected chi connectivity index (χ3v) is 4.74. The molecule has 3 aromatic rings. The molecule has 4 nitrogen and oxygen atoms in total. The van der Waals surface area contributed by atoms with Crippen molar-refractivity contribution in [3.05, 3.63) is 68.5 Å². The lowest BCUT2D eigenvalue weighted by Gasteiger charge is -2.09. The van der Waals surface area contributed by atoms with Crippen LogP contribution < -0.4 is 10.4 Å². The SMILES string of the molecule is COc1ccccc1CCCCc1c(O)c2cc(Br)ccc2oc1=O. The van der Waals surface area contributed by atoms with Crippen LogP contribution in [0.15, 0.2) is 56.1 Å². The number of aryl methyl sites for hydroxylation is 1. The highest BCUT2D eigenvalue weighted by Gasteiger charge is 2.14. The Morgan fingerprint density at radius 1 is 1.12 bits per heavy atom. The Bertz CT molecular complexity index is 946. The van der Waals surface area contributed by atoms with Crippen LogP contribution in [-0.2, 0) is 12.8 Å². The number of fused-ring (bicyclic) bond motifs is 1. The molecule has 0 atom stereocenters. The molecular weight excluding hydrogens is 384 g/mol. The van der Waals surface area contributed by atoms with Crippen molar-refractivity contribution in [3.63, 3.8) is 0 Å². The Morgan fingerprint density at radius 2 is 1.88 bits per heavy atom. The second-order valence-corrected chi connectivity index (χ2v) is 6.79. The van der Waals surface area contributed by atoms with Crippen LogP contribution in [0.1, 0.15) is 24.0 Å². The number of rotatable bonds is 6. The zero-order valence-electron chi connectivity index (χ0n) is 13.9. The van der Waals surface area contributed by atoms with E-state index in [0.717, 1.165) is 35.0 Å². The lowest BCUT2D eigenvalue weighted by molar-refractivity contribution is 0.408. The van der Waals surface area contributed by atoms with Gasteiger partial charge in [0.05, 0.1) is 18.1 Å². The predicted octanol–water partition coefficient (Wildman–Crippen LogP) is 4.84. The lowest BCUT2D eigenvalue weighted by Crippen LogP contribution is -2.08. The average molecular weight is 403 g/mol. The minimum Gasteiger partial charge on any atom is -0.507 e. The quantitative estimate of drug-likeness (QED) is 0.473. The molecule has 25 heavy (non-hydrogen) atoms. The number of hydrogen-bond donors (Lipinski definition) is 1. The summed E-state index contributed by atoms with van der Waals surface area (Å²) < 4.78 is 11.5. The van der Waals surface area contributed by atoms with E-state index in [1.807, 2.05) is 24.3 Å². The van der Waals surface area contributed by atoms with Crippen molar-refractivity contribution in [2.75, 3.05) is 7.11 Å². The van der Waals surface area contributed by atoms with Crippen LogP contribution in [0.25, 0.3) is 11.0 Å². The maximum Gasteiger partial charge on any atom is 0.343 e. The summed E-state index contributed by atoms with van der Waals surface area (Å²) in [6.45, 7) is 0. The Hall–Kier alpha value is -2.27. The Balaban J connectivity index is 1.72. The van der Waals surface area contributed by atoms with E-state index in [1.54, 1.807) is 25.3 Å². The number of halogens is 1. The molecule has 0 bridgehead atoms. The van der Waals surface area contributed by atoms with Gasteiger partial charge in [-0.1, -0.05) is 34.1 Å². The molecule has 0 aliphatic heterocycles. The highest BCUT2D eigenvalue weighted by Crippen LogP contribution is 2.30. The predicted molar refractivity (Wildman–Crippen MR) is 101 cm³/mol. The Morgan fingerprint density at radius 3 is 2.68 bits per heavy atom. The van der Waals surface area contributed by atoms with Gasteiger partial charge in [0.1, 0.15) is 17.1 Å². The first-order valence-electron chi connectivity index (χ1n) is 8.16. The smallest absolute Gasteiger partial charge is 0.343 e. The lowest BCUT2D eigenvalue weighted by atomic mass is 10.0. The fourth-order valence-corrected chi connectivity index (χ4v) is 3.31. The zero-order valence-corrected chi connectivity index (χ0v) is 15.5. The molecule has 0 amide bonds. The van der Waals surface area contributed by atoms with Crippen LogP contribution >= 0.6 is 15.9 Å². The number of unbranched alkanes of at least 4 members (excludes halogenated alkanes) is 1. The summed E-state index contributed by atoms with van der Waals surface area (Å²) in [7, 11) is 1.66. The third kappa shape index (κ3) is 3.87. The van der Waals surface area contributed by atoms with E-state index >= 15 is 0 Å². The van der Waals surface area contributed by atoms with Gasteiger partial charge < -0.3 is 14.3 Å². The molecule has 0 aliphatic rings. The molecule has 0 unspecified atom stereocenters. The van der Waals surface area contributed by atoms with Crippen molar-refractivity contribution >= 4 is 26.9 Å². The fraction of sp³-hybridized carbons (Fsp3) is 0.250. The molecule has 130 valence electrons. The molecule has 0 spiro atoms. The normalized spacial score (nSPS) is 11.0. The summed E-state index contributed by atoms with van der Waals surface area (Å²) in [5.74, 6) is 0.894. The molecule has 3 rings (SSSR count). The summed E-state index contributed by atoms with van der Waals surface area (Å²) in [5.41, 5.74) is 1.41. The monoisotopic (exact) mass is 402 g/mol. The van der Waals surface area contributed by atoms with Gasteiger partial charge in [0, 0.05) is 4.47 Å². The molecule has 1 N–H and O–H groups in total. The Kier molecular flexibility index (Phi) is 5.43. The van der Waals surface area contributed by atoms with Gasteiger partial charge >= 0.3 is 5.63 Å². The second kappa shape index (κ2) is 7.74. The van der Waals surface area contributed by atoms with E-state index in [9.17, 15) is 9.90 Å². The van der Waals surface area contributed by atoms with Gasteiger partial charge in [0.25, 0.3) is 0 Å². The van der Waals surface area contributed by atoms with Crippen molar-refractivity contribution in [1.29, 1.82) is 0 Å². The maximum absolute atomic E-state index is 12.1. The molecule has 0 saturated heterocycles. The van der Waals surface area contributed by atoms with Gasteiger partial charge in [-0.05, 0) is 55.5 Å². The summed E-state index contributed by atoms with van der Waals surface area (Å²) in [6, 6.07) is 13.1. The van der Waals surface area contributed by atoms with Crippen LogP contribution in [-0.4, -0.2) is 12.2 Å². The topological polar surface area (TPSA) is 59.7 Å². The van der Waals surface area contributed by atoms with Gasteiger partial charge in [0.15, 0.2) is 0 Å². The standard InChI is InChI=1S/C20H19BrO4/c1-24-17-9-5-3-7-13(17)6-2-4-8-15-19(22)16-12-14(21)10-11-18(16)25-20(15)23/h3,5,7,9-12,22H,2,4,6,8H2,1H3. The van der Waals surface area contributed by atoms with Crippen LogP contribution in [0.4, 0.5) is 0 Å². The van der Waals surface area contributed by atoms with E-state index in [-0.39, 0.29) is 5.75 Å². The van der Waals surface area contributed by atoms with Crippen molar-refractivity contribution in [2.24, 2.45) is 0 Å². The largest absolute Gasteiger partial charge is 0.507 e. The highest BCUT2D eigenvalue weighted by atomic mass is 79.9. The van der Waals surface area contributed by atoms with Crippen LogP contribution in [0.2, 0.25) is 0 Å². The summed E-state index contributed by atoms with van der Waals surface area (Å²) in [6.07, 6.45) is 2.99. The van der Waals surface area contributed by atoms with Gasteiger partial charge in [-0.25, -0.2) is 4.79 Å². The van der Waals surface area contributed by atoms with Gasteiger partial charge in [-0.15, -0.1) is 0 Å². The van der Waals surface area contributed by atoms with E-state index in [1.165, 1.54) is 0 Å². The zero-order chi connectivity index (χ0) is 17.8. The summed E-state index contributed by atoms with van der Waals surface area (Å²) in [5, 5.41) is 11.0. The third-order valence-electron chi connectivity index (χ3n) is 4.25. The van der Waals surface area contributed by atoms with E-state index in [4.69, 9.17) is 9.15 Å². The van der Waals surface area contributed by atoms with Gasteiger partial charge in [-0.2, -0.15) is 0 Å². The fourth-order valence-electron chi connectivity index (χ4n) is 2.94.